The third-order valence-electron chi connectivity index (χ3n) is 13.5. The van der Waals surface area contributed by atoms with E-state index in [2.05, 4.69) is 247 Å². The Kier molecular flexibility index (Phi) is 9.15. The van der Waals surface area contributed by atoms with Gasteiger partial charge in [0.25, 0.3) is 0 Å². The van der Waals surface area contributed by atoms with E-state index in [0.717, 1.165) is 17.1 Å². The second-order valence-electron chi connectivity index (χ2n) is 19.0. The minimum atomic E-state index is -0.282. The molecule has 0 atom stereocenters. The maximum atomic E-state index is 2.53. The molecule has 0 saturated carbocycles. The number of hydrogen-bond acceptors (Lipinski definition) is 1. The van der Waals surface area contributed by atoms with Gasteiger partial charge in [-0.2, -0.15) is 0 Å². The molecule has 61 heavy (non-hydrogen) atoms. The molecule has 2 aliphatic rings. The van der Waals surface area contributed by atoms with Crippen molar-refractivity contribution < 1.29 is 0 Å². The zero-order valence-corrected chi connectivity index (χ0v) is 36.4. The summed E-state index contributed by atoms with van der Waals surface area (Å²) >= 11 is 0. The number of rotatable bonds is 6. The van der Waals surface area contributed by atoms with E-state index >= 15 is 0 Å². The van der Waals surface area contributed by atoms with Crippen LogP contribution in [-0.4, -0.2) is 0 Å². The highest BCUT2D eigenvalue weighted by atomic mass is 15.1. The van der Waals surface area contributed by atoms with Gasteiger partial charge in [-0.05, 0) is 120 Å². The Labute approximate surface area is 362 Å². The van der Waals surface area contributed by atoms with Gasteiger partial charge in [-0.1, -0.05) is 206 Å². The van der Waals surface area contributed by atoms with Crippen molar-refractivity contribution in [3.8, 4) is 22.3 Å². The average molecular weight is 788 g/mol. The van der Waals surface area contributed by atoms with Crippen molar-refractivity contribution in [2.45, 2.75) is 64.7 Å². The zero-order valence-electron chi connectivity index (χ0n) is 36.4. The fourth-order valence-electron chi connectivity index (χ4n) is 10.2. The van der Waals surface area contributed by atoms with Crippen LogP contribution in [0.3, 0.4) is 0 Å². The molecule has 0 saturated heterocycles. The highest BCUT2D eigenvalue weighted by Crippen LogP contribution is 2.54. The second-order valence-corrected chi connectivity index (χ2v) is 19.0. The predicted molar refractivity (Wildman–Crippen MR) is 259 cm³/mol. The number of benzene rings is 8. The van der Waals surface area contributed by atoms with Crippen LogP contribution in [-0.2, 0) is 16.2 Å². The Morgan fingerprint density at radius 1 is 0.393 bits per heavy atom. The molecule has 2 aliphatic carbocycles. The molecule has 1 heteroatoms. The largest absolute Gasteiger partial charge is 0.310 e. The lowest BCUT2D eigenvalue weighted by Crippen LogP contribution is -2.27. The van der Waals surface area contributed by atoms with E-state index in [0.29, 0.717) is 0 Å². The van der Waals surface area contributed by atoms with Gasteiger partial charge in [0.2, 0.25) is 0 Å². The minimum Gasteiger partial charge on any atom is -0.310 e. The van der Waals surface area contributed by atoms with E-state index in [1.165, 1.54) is 83.5 Å². The molecule has 1 nitrogen and oxygen atoms in total. The summed E-state index contributed by atoms with van der Waals surface area (Å²) in [4.78, 5) is 2.53. The Balaban J connectivity index is 1.27. The zero-order chi connectivity index (χ0) is 42.1. The monoisotopic (exact) mass is 787 g/mol. The van der Waals surface area contributed by atoms with Crippen molar-refractivity contribution in [2.24, 2.45) is 0 Å². The summed E-state index contributed by atoms with van der Waals surface area (Å²) in [5.41, 5.74) is 22.3. The molecule has 8 aromatic rings. The molecule has 0 aliphatic heterocycles. The van der Waals surface area contributed by atoms with Crippen LogP contribution in [0.2, 0.25) is 0 Å². The van der Waals surface area contributed by atoms with Gasteiger partial charge in [0.05, 0.1) is 5.69 Å². The first-order valence-electron chi connectivity index (χ1n) is 21.8. The van der Waals surface area contributed by atoms with Crippen LogP contribution in [0.4, 0.5) is 17.1 Å². The molecular weight excluding hydrogens is 735 g/mol. The van der Waals surface area contributed by atoms with Gasteiger partial charge < -0.3 is 4.90 Å². The normalized spacial score (nSPS) is 14.4. The van der Waals surface area contributed by atoms with Crippen LogP contribution in [0.5, 0.6) is 0 Å². The van der Waals surface area contributed by atoms with E-state index in [4.69, 9.17) is 0 Å². The first-order valence-corrected chi connectivity index (χ1v) is 21.8. The van der Waals surface area contributed by atoms with E-state index in [9.17, 15) is 0 Å². The quantitative estimate of drug-likeness (QED) is 0.162. The van der Waals surface area contributed by atoms with Crippen molar-refractivity contribution >= 4 is 28.2 Å². The summed E-state index contributed by atoms with van der Waals surface area (Å²) < 4.78 is 0. The molecule has 0 unspecified atom stereocenters. The molecule has 0 aromatic heterocycles. The lowest BCUT2D eigenvalue weighted by Gasteiger charge is -2.39. The molecule has 0 bridgehead atoms. The fraction of sp³-hybridized carbons (Fsp3) is 0.167. The third kappa shape index (κ3) is 6.38. The fourth-order valence-corrected chi connectivity index (χ4v) is 10.2. The van der Waals surface area contributed by atoms with Crippen molar-refractivity contribution in [3.05, 3.63) is 244 Å². The third-order valence-corrected chi connectivity index (χ3v) is 13.5. The first kappa shape index (κ1) is 38.5. The second kappa shape index (κ2) is 14.5. The van der Waals surface area contributed by atoms with E-state index in [-0.39, 0.29) is 16.2 Å². The van der Waals surface area contributed by atoms with Gasteiger partial charge in [0.15, 0.2) is 0 Å². The standard InChI is InChI=1S/C60H53N/c1-58(2,3)43-31-36-55(50(37-43)40-21-11-8-12-22-40)61(44-32-34-47-46-27-17-19-29-51(46)59(4,5)53(47)38-44)45-33-35-49-54(39-45)60(6,7)52-30-20-18-28-48(52)57(49)56(41-23-13-9-14-24-41)42-25-15-10-16-26-42/h8-39H,1-7H3. The Morgan fingerprint density at radius 2 is 0.836 bits per heavy atom. The molecule has 0 radical (unpaired) electrons. The predicted octanol–water partition coefficient (Wildman–Crippen LogP) is 16.1. The topological polar surface area (TPSA) is 3.24 Å². The van der Waals surface area contributed by atoms with Crippen LogP contribution in [0.15, 0.2) is 194 Å². The van der Waals surface area contributed by atoms with Crippen molar-refractivity contribution in [2.75, 3.05) is 4.90 Å². The Morgan fingerprint density at radius 3 is 1.41 bits per heavy atom. The molecule has 0 N–H and O–H groups in total. The summed E-state index contributed by atoms with van der Waals surface area (Å²) in [6.07, 6.45) is 0. The van der Waals surface area contributed by atoms with Crippen LogP contribution in [0.1, 0.15) is 98.5 Å². The SMILES string of the molecule is CC(C)(C)c1ccc(N(c2ccc3c(c2)C(C)(C)c2ccccc2C3=C(c2ccccc2)c2ccccc2)c2ccc3c(c2)C(C)(C)c2ccccc2-3)c(-c2ccccc2)c1. The molecule has 0 heterocycles. The van der Waals surface area contributed by atoms with Gasteiger partial charge in [-0.15, -0.1) is 0 Å². The highest BCUT2D eigenvalue weighted by Gasteiger charge is 2.39. The summed E-state index contributed by atoms with van der Waals surface area (Å²) in [6, 6.07) is 72.4. The van der Waals surface area contributed by atoms with Gasteiger partial charge in [0, 0.05) is 27.8 Å². The first-order chi connectivity index (χ1) is 29.4. The number of nitrogens with zero attached hydrogens (tertiary/aromatic N) is 1. The van der Waals surface area contributed by atoms with Crippen molar-refractivity contribution in [1.29, 1.82) is 0 Å². The molecule has 0 spiro atoms. The average Bonchev–Trinajstić information content (AvgIpc) is 3.51. The van der Waals surface area contributed by atoms with Crippen LogP contribution in [0.25, 0.3) is 33.4 Å². The minimum absolute atomic E-state index is 0.0164. The molecular formula is C60H53N. The molecule has 0 fully saturated rings. The molecule has 8 aromatic carbocycles. The van der Waals surface area contributed by atoms with E-state index in [1.54, 1.807) is 0 Å². The van der Waals surface area contributed by atoms with E-state index in [1.807, 2.05) is 0 Å². The molecule has 0 amide bonds. The maximum absolute atomic E-state index is 2.53. The van der Waals surface area contributed by atoms with Crippen LogP contribution in [0, 0.1) is 0 Å². The highest BCUT2D eigenvalue weighted by molar-refractivity contribution is 6.07. The van der Waals surface area contributed by atoms with Crippen LogP contribution >= 0.6 is 0 Å². The number of anilines is 3. The van der Waals surface area contributed by atoms with Gasteiger partial charge in [-0.3, -0.25) is 0 Å². The molecule has 298 valence electrons. The van der Waals surface area contributed by atoms with Gasteiger partial charge >= 0.3 is 0 Å². The van der Waals surface area contributed by atoms with Gasteiger partial charge in [-0.25, -0.2) is 0 Å². The molecule has 10 rings (SSSR count). The van der Waals surface area contributed by atoms with Gasteiger partial charge in [0.1, 0.15) is 0 Å². The van der Waals surface area contributed by atoms with Crippen LogP contribution < -0.4 is 4.90 Å². The van der Waals surface area contributed by atoms with Crippen molar-refractivity contribution in [1.82, 2.24) is 0 Å². The number of fused-ring (bicyclic) bond motifs is 5. The number of hydrogen-bond donors (Lipinski definition) is 0. The lowest BCUT2D eigenvalue weighted by atomic mass is 9.65. The van der Waals surface area contributed by atoms with Crippen molar-refractivity contribution in [3.63, 3.8) is 0 Å². The summed E-state index contributed by atoms with van der Waals surface area (Å²) in [5.74, 6) is 0. The summed E-state index contributed by atoms with van der Waals surface area (Å²) in [6.45, 7) is 16.5. The smallest absolute Gasteiger partial charge is 0.0540 e. The maximum Gasteiger partial charge on any atom is 0.0540 e. The van der Waals surface area contributed by atoms with E-state index < -0.39 is 0 Å². The summed E-state index contributed by atoms with van der Waals surface area (Å²) in [5, 5.41) is 0. The summed E-state index contributed by atoms with van der Waals surface area (Å²) in [7, 11) is 0. The Bertz CT molecular complexity index is 2940. The Hall–Kier alpha value is -6.70. The lowest BCUT2D eigenvalue weighted by molar-refractivity contribution is 0.590.